The van der Waals surface area contributed by atoms with Crippen LogP contribution in [0, 0.1) is 5.92 Å². The van der Waals surface area contributed by atoms with Crippen molar-refractivity contribution >= 4 is 18.4 Å². The van der Waals surface area contributed by atoms with Gasteiger partial charge in [-0.05, 0) is 40.0 Å². The third kappa shape index (κ3) is 4.29. The first kappa shape index (κ1) is 13.7. The summed E-state index contributed by atoms with van der Waals surface area (Å²) in [4.78, 5) is 11.5. The molecule has 0 aromatic carbocycles. The average Bonchev–Trinajstić information content (AvgIpc) is 2.31. The maximum atomic E-state index is 11.5. The van der Waals surface area contributed by atoms with Gasteiger partial charge in [-0.15, -0.1) is 12.4 Å². The monoisotopic (exact) mass is 221 g/mol. The molecule has 4 heteroatoms. The van der Waals surface area contributed by atoms with Crippen LogP contribution in [0.5, 0.6) is 0 Å². The highest BCUT2D eigenvalue weighted by Crippen LogP contribution is 2.26. The summed E-state index contributed by atoms with van der Waals surface area (Å²) >= 11 is 0. The number of hydrogen-bond acceptors (Lipinski definition) is 3. The third-order valence-electron chi connectivity index (χ3n) is 2.21. The summed E-state index contributed by atoms with van der Waals surface area (Å²) in [6, 6.07) is 0.192. The Hall–Kier alpha value is -0.280. The first-order valence-corrected chi connectivity index (χ1v) is 4.87. The number of nitrogens with two attached hydrogens (primary N) is 1. The van der Waals surface area contributed by atoms with E-state index in [4.69, 9.17) is 10.5 Å². The molecule has 2 atom stereocenters. The standard InChI is InChI=1S/C10H19NO2.ClH/c1-10(2,3)13-9(12)7-4-5-8(11)6-7;/h7-8H,4-6,11H2,1-3H3;1H. The molecule has 84 valence electrons. The maximum Gasteiger partial charge on any atom is 0.309 e. The van der Waals surface area contributed by atoms with Gasteiger partial charge in [-0.2, -0.15) is 0 Å². The summed E-state index contributed by atoms with van der Waals surface area (Å²) in [6.07, 6.45) is 2.62. The number of hydrogen-bond donors (Lipinski definition) is 1. The van der Waals surface area contributed by atoms with Crippen LogP contribution in [-0.2, 0) is 9.53 Å². The van der Waals surface area contributed by atoms with Crippen LogP contribution < -0.4 is 5.73 Å². The van der Waals surface area contributed by atoms with Crippen LogP contribution in [0.25, 0.3) is 0 Å². The molecule has 0 bridgehead atoms. The normalized spacial score (nSPS) is 26.9. The zero-order valence-electron chi connectivity index (χ0n) is 9.08. The average molecular weight is 222 g/mol. The summed E-state index contributed by atoms with van der Waals surface area (Å²) < 4.78 is 5.28. The zero-order valence-corrected chi connectivity index (χ0v) is 9.89. The van der Waals surface area contributed by atoms with Gasteiger partial charge in [-0.3, -0.25) is 4.79 Å². The molecule has 2 N–H and O–H groups in total. The Kier molecular flexibility index (Phi) is 4.89. The second kappa shape index (κ2) is 4.99. The summed E-state index contributed by atoms with van der Waals surface area (Å²) in [7, 11) is 0. The number of ether oxygens (including phenoxy) is 1. The molecule has 0 aromatic heterocycles. The van der Waals surface area contributed by atoms with Crippen molar-refractivity contribution in [2.24, 2.45) is 11.7 Å². The molecule has 0 radical (unpaired) electrons. The van der Waals surface area contributed by atoms with E-state index in [1.807, 2.05) is 20.8 Å². The molecule has 2 unspecified atom stereocenters. The molecule has 1 fully saturated rings. The molecule has 14 heavy (non-hydrogen) atoms. The van der Waals surface area contributed by atoms with E-state index in [2.05, 4.69) is 0 Å². The summed E-state index contributed by atoms with van der Waals surface area (Å²) in [5, 5.41) is 0. The molecule has 0 aromatic rings. The van der Waals surface area contributed by atoms with Gasteiger partial charge >= 0.3 is 5.97 Å². The second-order valence-electron chi connectivity index (χ2n) is 4.80. The van der Waals surface area contributed by atoms with Crippen molar-refractivity contribution in [2.75, 3.05) is 0 Å². The van der Waals surface area contributed by atoms with Gasteiger partial charge in [0.05, 0.1) is 5.92 Å². The van der Waals surface area contributed by atoms with Gasteiger partial charge in [0.1, 0.15) is 5.60 Å². The molecule has 1 aliphatic rings. The van der Waals surface area contributed by atoms with Gasteiger partial charge in [-0.25, -0.2) is 0 Å². The molecule has 3 nitrogen and oxygen atoms in total. The Morgan fingerprint density at radius 2 is 1.93 bits per heavy atom. The Morgan fingerprint density at radius 3 is 2.29 bits per heavy atom. The third-order valence-corrected chi connectivity index (χ3v) is 2.21. The Bertz CT molecular complexity index is 201. The Morgan fingerprint density at radius 1 is 1.36 bits per heavy atom. The zero-order chi connectivity index (χ0) is 10.1. The molecule has 0 aliphatic heterocycles. The maximum absolute atomic E-state index is 11.5. The van der Waals surface area contributed by atoms with Crippen molar-refractivity contribution in [2.45, 2.75) is 51.7 Å². The highest BCUT2D eigenvalue weighted by atomic mass is 35.5. The van der Waals surface area contributed by atoms with Crippen molar-refractivity contribution in [3.8, 4) is 0 Å². The highest BCUT2D eigenvalue weighted by Gasteiger charge is 2.31. The minimum absolute atomic E-state index is 0. The molecule has 0 amide bonds. The molecule has 1 rings (SSSR count). The van der Waals surface area contributed by atoms with Crippen molar-refractivity contribution < 1.29 is 9.53 Å². The minimum Gasteiger partial charge on any atom is -0.460 e. The van der Waals surface area contributed by atoms with Gasteiger partial charge in [0, 0.05) is 6.04 Å². The van der Waals surface area contributed by atoms with Crippen LogP contribution in [0.1, 0.15) is 40.0 Å². The van der Waals surface area contributed by atoms with E-state index in [0.717, 1.165) is 19.3 Å². The topological polar surface area (TPSA) is 52.3 Å². The van der Waals surface area contributed by atoms with Crippen LogP contribution in [0.4, 0.5) is 0 Å². The lowest BCUT2D eigenvalue weighted by Gasteiger charge is -2.21. The molecule has 1 aliphatic carbocycles. The van der Waals surface area contributed by atoms with Gasteiger partial charge in [0.15, 0.2) is 0 Å². The van der Waals surface area contributed by atoms with Gasteiger partial charge in [0.2, 0.25) is 0 Å². The fraction of sp³-hybridized carbons (Fsp3) is 0.900. The van der Waals surface area contributed by atoms with Crippen LogP contribution in [-0.4, -0.2) is 17.6 Å². The quantitative estimate of drug-likeness (QED) is 0.688. The van der Waals surface area contributed by atoms with Crippen molar-refractivity contribution in [3.63, 3.8) is 0 Å². The summed E-state index contributed by atoms with van der Waals surface area (Å²) in [5.41, 5.74) is 5.35. The molecule has 0 spiro atoms. The number of halogens is 1. The number of carbonyl (C=O) groups is 1. The van der Waals surface area contributed by atoms with Crippen molar-refractivity contribution in [1.82, 2.24) is 0 Å². The van der Waals surface area contributed by atoms with Crippen LogP contribution in [0.15, 0.2) is 0 Å². The van der Waals surface area contributed by atoms with Crippen molar-refractivity contribution in [1.29, 1.82) is 0 Å². The molecular formula is C10H20ClNO2. The van der Waals surface area contributed by atoms with E-state index in [1.54, 1.807) is 0 Å². The van der Waals surface area contributed by atoms with Gasteiger partial charge in [-0.1, -0.05) is 0 Å². The SMILES string of the molecule is CC(C)(C)OC(=O)C1CCC(N)C1.Cl. The lowest BCUT2D eigenvalue weighted by atomic mass is 10.1. The smallest absolute Gasteiger partial charge is 0.309 e. The van der Waals surface area contributed by atoms with E-state index in [1.165, 1.54) is 0 Å². The lowest BCUT2D eigenvalue weighted by Crippen LogP contribution is -2.28. The molecular weight excluding hydrogens is 202 g/mol. The van der Waals surface area contributed by atoms with E-state index >= 15 is 0 Å². The van der Waals surface area contributed by atoms with E-state index < -0.39 is 0 Å². The van der Waals surface area contributed by atoms with Gasteiger partial charge in [0.25, 0.3) is 0 Å². The Balaban J connectivity index is 0.00000169. The molecule has 0 heterocycles. The van der Waals surface area contributed by atoms with Crippen LogP contribution >= 0.6 is 12.4 Å². The van der Waals surface area contributed by atoms with Crippen LogP contribution in [0.3, 0.4) is 0 Å². The number of rotatable bonds is 1. The molecule has 0 saturated heterocycles. The summed E-state index contributed by atoms with van der Waals surface area (Å²) in [5.74, 6) is -0.0466. The van der Waals surface area contributed by atoms with Crippen molar-refractivity contribution in [3.05, 3.63) is 0 Å². The summed E-state index contributed by atoms with van der Waals surface area (Å²) in [6.45, 7) is 5.67. The minimum atomic E-state index is -0.371. The first-order chi connectivity index (χ1) is 5.88. The first-order valence-electron chi connectivity index (χ1n) is 4.87. The highest BCUT2D eigenvalue weighted by molar-refractivity contribution is 5.85. The predicted octanol–water partition coefficient (Wildman–Crippen LogP) is 1.88. The van der Waals surface area contributed by atoms with E-state index in [9.17, 15) is 4.79 Å². The lowest BCUT2D eigenvalue weighted by molar-refractivity contribution is -0.159. The largest absolute Gasteiger partial charge is 0.460 e. The van der Waals surface area contributed by atoms with Crippen LogP contribution in [0.2, 0.25) is 0 Å². The predicted molar refractivity (Wildman–Crippen MR) is 58.4 cm³/mol. The van der Waals surface area contributed by atoms with E-state index in [0.29, 0.717) is 0 Å². The second-order valence-corrected chi connectivity index (χ2v) is 4.80. The van der Waals surface area contributed by atoms with E-state index in [-0.39, 0.29) is 35.9 Å². The fourth-order valence-electron chi connectivity index (χ4n) is 1.62. The number of carbonyl (C=O) groups excluding carboxylic acids is 1. The Labute approximate surface area is 91.8 Å². The number of esters is 1. The van der Waals surface area contributed by atoms with Gasteiger partial charge < -0.3 is 10.5 Å². The fourth-order valence-corrected chi connectivity index (χ4v) is 1.62. The molecule has 1 saturated carbocycles.